The van der Waals surface area contributed by atoms with Crippen molar-refractivity contribution in [1.82, 2.24) is 4.98 Å². The highest BCUT2D eigenvalue weighted by Gasteiger charge is 2.03. The molecule has 0 saturated heterocycles. The van der Waals surface area contributed by atoms with Crippen molar-refractivity contribution in [3.63, 3.8) is 0 Å². The Labute approximate surface area is 114 Å². The second kappa shape index (κ2) is 5.73. The van der Waals surface area contributed by atoms with Crippen LogP contribution in [0.3, 0.4) is 0 Å². The molecule has 0 amide bonds. The Morgan fingerprint density at radius 3 is 2.83 bits per heavy atom. The molecule has 0 aliphatic heterocycles. The number of hydrogen-bond acceptors (Lipinski definition) is 4. The van der Waals surface area contributed by atoms with Crippen LogP contribution in [-0.4, -0.2) is 17.2 Å². The van der Waals surface area contributed by atoms with Crippen LogP contribution in [0.15, 0.2) is 41.0 Å². The predicted molar refractivity (Wildman–Crippen MR) is 73.9 cm³/mol. The number of pyridine rings is 1. The highest BCUT2D eigenvalue weighted by Crippen LogP contribution is 2.22. The van der Waals surface area contributed by atoms with E-state index in [4.69, 9.17) is 4.74 Å². The number of para-hydroxylation sites is 1. The van der Waals surface area contributed by atoms with E-state index in [-0.39, 0.29) is 5.75 Å². The van der Waals surface area contributed by atoms with Crippen molar-refractivity contribution in [3.8, 4) is 11.5 Å². The molecule has 94 valence electrons. The van der Waals surface area contributed by atoms with Crippen LogP contribution in [0.1, 0.15) is 5.56 Å². The van der Waals surface area contributed by atoms with Crippen molar-refractivity contribution < 1.29 is 9.84 Å². The Balaban J connectivity index is 2.11. The van der Waals surface area contributed by atoms with Crippen molar-refractivity contribution in [2.24, 2.45) is 0 Å². The molecule has 0 spiro atoms. The van der Waals surface area contributed by atoms with Crippen LogP contribution in [0.25, 0.3) is 0 Å². The van der Waals surface area contributed by atoms with E-state index >= 15 is 0 Å². The molecule has 0 atom stereocenters. The highest BCUT2D eigenvalue weighted by atomic mass is 79.9. The molecule has 4 nitrogen and oxygen atoms in total. The van der Waals surface area contributed by atoms with E-state index in [9.17, 15) is 5.11 Å². The van der Waals surface area contributed by atoms with Crippen LogP contribution >= 0.6 is 15.9 Å². The molecule has 0 radical (unpaired) electrons. The minimum atomic E-state index is 0.270. The lowest BCUT2D eigenvalue weighted by molar-refractivity contribution is 0.414. The van der Waals surface area contributed by atoms with E-state index in [1.807, 2.05) is 12.1 Å². The van der Waals surface area contributed by atoms with Crippen molar-refractivity contribution in [2.75, 3.05) is 12.4 Å². The third kappa shape index (κ3) is 3.13. The quantitative estimate of drug-likeness (QED) is 0.852. The Morgan fingerprint density at radius 2 is 2.11 bits per heavy atom. The molecule has 5 heteroatoms. The lowest BCUT2D eigenvalue weighted by Crippen LogP contribution is -2.02. The Morgan fingerprint density at radius 1 is 1.33 bits per heavy atom. The first-order chi connectivity index (χ1) is 8.69. The molecule has 0 aliphatic carbocycles. The van der Waals surface area contributed by atoms with E-state index in [1.165, 1.54) is 0 Å². The van der Waals surface area contributed by atoms with Crippen LogP contribution in [0.5, 0.6) is 11.5 Å². The van der Waals surface area contributed by atoms with E-state index in [0.717, 1.165) is 11.3 Å². The molecule has 18 heavy (non-hydrogen) atoms. The summed E-state index contributed by atoms with van der Waals surface area (Å²) in [4.78, 5) is 4.27. The van der Waals surface area contributed by atoms with Crippen LogP contribution in [-0.2, 0) is 6.54 Å². The van der Waals surface area contributed by atoms with Gasteiger partial charge in [0.15, 0.2) is 0 Å². The van der Waals surface area contributed by atoms with Crippen LogP contribution in [0.2, 0.25) is 0 Å². The summed E-state index contributed by atoms with van der Waals surface area (Å²) >= 11 is 3.31. The minimum Gasteiger partial charge on any atom is -0.508 e. The molecular formula is C13H13BrN2O2. The third-order valence-electron chi connectivity index (χ3n) is 2.45. The number of ether oxygens (including phenoxy) is 1. The number of phenolic OH excluding ortho intramolecular Hbond substituents is 1. The molecule has 2 aromatic rings. The summed E-state index contributed by atoms with van der Waals surface area (Å²) in [5.74, 6) is 1.67. The summed E-state index contributed by atoms with van der Waals surface area (Å²) in [6.07, 6.45) is 0. The molecule has 0 bridgehead atoms. The van der Waals surface area contributed by atoms with Crippen LogP contribution < -0.4 is 10.1 Å². The standard InChI is InChI=1S/C13H13BrN2O2/c1-18-10-6-12(14)16-13(7-10)15-8-9-4-2-3-5-11(9)17/h2-7,17H,8H2,1H3,(H,15,16). The van der Waals surface area contributed by atoms with Crippen molar-refractivity contribution in [3.05, 3.63) is 46.6 Å². The summed E-state index contributed by atoms with van der Waals surface area (Å²) in [5, 5.41) is 12.8. The van der Waals surface area contributed by atoms with Gasteiger partial charge >= 0.3 is 0 Å². The smallest absolute Gasteiger partial charge is 0.131 e. The highest BCUT2D eigenvalue weighted by molar-refractivity contribution is 9.10. The van der Waals surface area contributed by atoms with Gasteiger partial charge in [-0.25, -0.2) is 4.98 Å². The van der Waals surface area contributed by atoms with Gasteiger partial charge < -0.3 is 15.2 Å². The average Bonchev–Trinajstić information content (AvgIpc) is 2.37. The number of phenols is 1. The maximum Gasteiger partial charge on any atom is 0.131 e. The van der Waals surface area contributed by atoms with Gasteiger partial charge in [0.05, 0.1) is 7.11 Å². The molecule has 0 fully saturated rings. The number of aromatic hydroxyl groups is 1. The maximum atomic E-state index is 9.65. The van der Waals surface area contributed by atoms with Gasteiger partial charge in [-0.3, -0.25) is 0 Å². The fourth-order valence-corrected chi connectivity index (χ4v) is 1.94. The molecular weight excluding hydrogens is 296 g/mol. The van der Waals surface area contributed by atoms with Crippen molar-refractivity contribution in [2.45, 2.75) is 6.54 Å². The number of rotatable bonds is 4. The normalized spacial score (nSPS) is 10.1. The number of benzene rings is 1. The predicted octanol–water partition coefficient (Wildman–Crippen LogP) is 3.17. The molecule has 0 saturated carbocycles. The van der Waals surface area contributed by atoms with Gasteiger partial charge in [0, 0.05) is 24.2 Å². The Bertz CT molecular complexity index is 546. The number of aromatic nitrogens is 1. The second-order valence-corrected chi connectivity index (χ2v) is 4.51. The van der Waals surface area contributed by atoms with Gasteiger partial charge in [0.2, 0.25) is 0 Å². The van der Waals surface area contributed by atoms with Gasteiger partial charge in [0.25, 0.3) is 0 Å². The maximum absolute atomic E-state index is 9.65. The molecule has 1 aromatic carbocycles. The fourth-order valence-electron chi connectivity index (χ4n) is 1.53. The first-order valence-corrected chi connectivity index (χ1v) is 6.20. The molecule has 0 aliphatic rings. The van der Waals surface area contributed by atoms with Crippen LogP contribution in [0.4, 0.5) is 5.82 Å². The number of halogens is 1. The average molecular weight is 309 g/mol. The molecule has 1 heterocycles. The first-order valence-electron chi connectivity index (χ1n) is 5.41. The largest absolute Gasteiger partial charge is 0.508 e. The summed E-state index contributed by atoms with van der Waals surface area (Å²) in [7, 11) is 1.61. The van der Waals surface area contributed by atoms with Gasteiger partial charge in [0.1, 0.15) is 21.9 Å². The summed E-state index contributed by atoms with van der Waals surface area (Å²) in [6.45, 7) is 0.499. The van der Waals surface area contributed by atoms with Crippen LogP contribution in [0, 0.1) is 0 Å². The third-order valence-corrected chi connectivity index (χ3v) is 2.86. The van der Waals surface area contributed by atoms with Gasteiger partial charge in [-0.1, -0.05) is 18.2 Å². The lowest BCUT2D eigenvalue weighted by atomic mass is 10.2. The van der Waals surface area contributed by atoms with E-state index in [1.54, 1.807) is 31.4 Å². The van der Waals surface area contributed by atoms with Gasteiger partial charge in [-0.15, -0.1) is 0 Å². The topological polar surface area (TPSA) is 54.4 Å². The second-order valence-electron chi connectivity index (χ2n) is 3.70. The number of hydrogen-bond donors (Lipinski definition) is 2. The first kappa shape index (κ1) is 12.7. The number of methoxy groups -OCH3 is 1. The zero-order valence-corrected chi connectivity index (χ0v) is 11.4. The fraction of sp³-hybridized carbons (Fsp3) is 0.154. The summed E-state index contributed by atoms with van der Waals surface area (Å²) < 4.78 is 5.85. The molecule has 0 unspecified atom stereocenters. The minimum absolute atomic E-state index is 0.270. The summed E-state index contributed by atoms with van der Waals surface area (Å²) in [5.41, 5.74) is 0.818. The number of nitrogens with zero attached hydrogens (tertiary/aromatic N) is 1. The number of anilines is 1. The zero-order valence-electron chi connectivity index (χ0n) is 9.85. The Hall–Kier alpha value is -1.75. The molecule has 1 aromatic heterocycles. The number of nitrogens with one attached hydrogen (secondary N) is 1. The molecule has 2 N–H and O–H groups in total. The monoisotopic (exact) mass is 308 g/mol. The Kier molecular flexibility index (Phi) is 4.04. The SMILES string of the molecule is COc1cc(Br)nc(NCc2ccccc2O)c1. The van der Waals surface area contributed by atoms with Gasteiger partial charge in [-0.05, 0) is 22.0 Å². The lowest BCUT2D eigenvalue weighted by Gasteiger charge is -2.09. The zero-order chi connectivity index (χ0) is 13.0. The van der Waals surface area contributed by atoms with Gasteiger partial charge in [-0.2, -0.15) is 0 Å². The van der Waals surface area contributed by atoms with E-state index < -0.39 is 0 Å². The van der Waals surface area contributed by atoms with Crippen molar-refractivity contribution >= 4 is 21.7 Å². The summed E-state index contributed by atoms with van der Waals surface area (Å²) in [6, 6.07) is 10.8. The van der Waals surface area contributed by atoms with Crippen molar-refractivity contribution in [1.29, 1.82) is 0 Å². The van der Waals surface area contributed by atoms with E-state index in [0.29, 0.717) is 17.0 Å². The molecule has 2 rings (SSSR count). The van der Waals surface area contributed by atoms with E-state index in [2.05, 4.69) is 26.2 Å².